The van der Waals surface area contributed by atoms with E-state index in [2.05, 4.69) is 36.0 Å². The Kier molecular flexibility index (Phi) is 2.10. The minimum absolute atomic E-state index is 0.0169. The molecule has 0 amide bonds. The number of hydrogen-bond acceptors (Lipinski definition) is 3. The highest BCUT2D eigenvalue weighted by Crippen LogP contribution is 2.38. The zero-order valence-electron chi connectivity index (χ0n) is 9.04. The summed E-state index contributed by atoms with van der Waals surface area (Å²) in [5.41, 5.74) is 6.08. The van der Waals surface area contributed by atoms with Crippen LogP contribution in [0.2, 0.25) is 0 Å². The molecule has 78 valence electrons. The summed E-state index contributed by atoms with van der Waals surface area (Å²) in [6, 6.07) is -0.0914. The molecule has 1 atom stereocenters. The van der Waals surface area contributed by atoms with Crippen molar-refractivity contribution in [2.45, 2.75) is 45.6 Å². The predicted molar refractivity (Wildman–Crippen MR) is 54.7 cm³/mol. The second-order valence-corrected chi connectivity index (χ2v) is 5.20. The van der Waals surface area contributed by atoms with E-state index in [-0.39, 0.29) is 11.5 Å². The predicted octanol–water partition coefficient (Wildman–Crippen LogP) is 1.73. The van der Waals surface area contributed by atoms with Crippen LogP contribution >= 0.6 is 0 Å². The molecule has 0 aromatic carbocycles. The van der Waals surface area contributed by atoms with Crippen LogP contribution in [-0.4, -0.2) is 15.2 Å². The van der Waals surface area contributed by atoms with E-state index in [0.29, 0.717) is 5.92 Å². The first-order valence-corrected chi connectivity index (χ1v) is 5.16. The van der Waals surface area contributed by atoms with Crippen LogP contribution < -0.4 is 5.73 Å². The molecule has 1 fully saturated rings. The molecule has 3 N–H and O–H groups in total. The maximum atomic E-state index is 6.06. The van der Waals surface area contributed by atoms with Gasteiger partial charge in [-0.1, -0.05) is 20.8 Å². The Balaban J connectivity index is 2.15. The topological polar surface area (TPSA) is 67.6 Å². The quantitative estimate of drug-likeness (QED) is 0.753. The van der Waals surface area contributed by atoms with Gasteiger partial charge in [-0.3, -0.25) is 5.10 Å². The van der Waals surface area contributed by atoms with Crippen molar-refractivity contribution >= 4 is 0 Å². The van der Waals surface area contributed by atoms with E-state index in [4.69, 9.17) is 5.73 Å². The van der Waals surface area contributed by atoms with E-state index in [1.807, 2.05) is 0 Å². The van der Waals surface area contributed by atoms with Gasteiger partial charge in [-0.25, -0.2) is 4.98 Å². The Morgan fingerprint density at radius 1 is 1.43 bits per heavy atom. The summed E-state index contributed by atoms with van der Waals surface area (Å²) in [7, 11) is 0. The normalized spacial score (nSPS) is 19.7. The van der Waals surface area contributed by atoms with Crippen molar-refractivity contribution in [1.82, 2.24) is 15.2 Å². The number of H-pyrrole nitrogens is 1. The lowest BCUT2D eigenvalue weighted by Crippen LogP contribution is -2.27. The largest absolute Gasteiger partial charge is 0.321 e. The molecule has 1 unspecified atom stereocenters. The summed E-state index contributed by atoms with van der Waals surface area (Å²) in [6.07, 6.45) is 2.47. The fourth-order valence-electron chi connectivity index (χ4n) is 1.35. The third kappa shape index (κ3) is 1.80. The average molecular weight is 194 g/mol. The molecule has 0 saturated heterocycles. The highest BCUT2D eigenvalue weighted by molar-refractivity contribution is 5.07. The molecule has 0 spiro atoms. The average Bonchev–Trinajstić information content (AvgIpc) is 2.82. The van der Waals surface area contributed by atoms with Crippen LogP contribution in [0.3, 0.4) is 0 Å². The van der Waals surface area contributed by atoms with Gasteiger partial charge in [0.1, 0.15) is 5.82 Å². The second kappa shape index (κ2) is 3.05. The number of nitrogens with one attached hydrogen (secondary N) is 1. The summed E-state index contributed by atoms with van der Waals surface area (Å²) >= 11 is 0. The van der Waals surface area contributed by atoms with Crippen molar-refractivity contribution in [2.75, 3.05) is 0 Å². The van der Waals surface area contributed by atoms with Gasteiger partial charge in [-0.15, -0.1) is 0 Å². The SMILES string of the molecule is CC(C)(C)C(N)c1n[nH]c(C2CC2)n1. The van der Waals surface area contributed by atoms with Crippen LogP contribution in [-0.2, 0) is 0 Å². The second-order valence-electron chi connectivity index (χ2n) is 5.20. The van der Waals surface area contributed by atoms with Crippen LogP contribution in [0.5, 0.6) is 0 Å². The molecule has 0 bridgehead atoms. The minimum atomic E-state index is -0.0914. The van der Waals surface area contributed by atoms with Crippen molar-refractivity contribution in [3.8, 4) is 0 Å². The van der Waals surface area contributed by atoms with Crippen LogP contribution in [0.25, 0.3) is 0 Å². The van der Waals surface area contributed by atoms with Gasteiger partial charge >= 0.3 is 0 Å². The third-order valence-electron chi connectivity index (χ3n) is 2.70. The maximum absolute atomic E-state index is 6.06. The Morgan fingerprint density at radius 3 is 2.57 bits per heavy atom. The molecule has 4 heteroatoms. The third-order valence-corrected chi connectivity index (χ3v) is 2.70. The van der Waals surface area contributed by atoms with Gasteiger partial charge < -0.3 is 5.73 Å². The molecule has 1 aliphatic carbocycles. The molecule has 4 nitrogen and oxygen atoms in total. The summed E-state index contributed by atoms with van der Waals surface area (Å²) in [5.74, 6) is 2.38. The maximum Gasteiger partial charge on any atom is 0.167 e. The smallest absolute Gasteiger partial charge is 0.167 e. The van der Waals surface area contributed by atoms with Gasteiger partial charge in [-0.2, -0.15) is 5.10 Å². The number of rotatable bonds is 2. The first-order chi connectivity index (χ1) is 6.48. The highest BCUT2D eigenvalue weighted by Gasteiger charge is 2.30. The molecular weight excluding hydrogens is 176 g/mol. The lowest BCUT2D eigenvalue weighted by Gasteiger charge is -2.24. The van der Waals surface area contributed by atoms with E-state index >= 15 is 0 Å². The summed E-state index contributed by atoms with van der Waals surface area (Å²) in [5, 5.41) is 7.16. The van der Waals surface area contributed by atoms with Gasteiger partial charge in [-0.05, 0) is 18.3 Å². The van der Waals surface area contributed by atoms with Crippen molar-refractivity contribution < 1.29 is 0 Å². The highest BCUT2D eigenvalue weighted by atomic mass is 15.2. The molecule has 1 saturated carbocycles. The first-order valence-electron chi connectivity index (χ1n) is 5.16. The van der Waals surface area contributed by atoms with E-state index in [0.717, 1.165) is 11.6 Å². The Labute approximate surface area is 84.3 Å². The molecule has 1 aromatic rings. The van der Waals surface area contributed by atoms with Crippen molar-refractivity contribution in [1.29, 1.82) is 0 Å². The van der Waals surface area contributed by atoms with Crippen molar-refractivity contribution in [2.24, 2.45) is 11.1 Å². The molecular formula is C10H18N4. The molecule has 1 aromatic heterocycles. The van der Waals surface area contributed by atoms with Crippen LogP contribution in [0.1, 0.15) is 57.2 Å². The van der Waals surface area contributed by atoms with Crippen LogP contribution in [0.15, 0.2) is 0 Å². The number of nitrogens with two attached hydrogens (primary N) is 1. The van der Waals surface area contributed by atoms with E-state index in [9.17, 15) is 0 Å². The van der Waals surface area contributed by atoms with Gasteiger partial charge in [0, 0.05) is 5.92 Å². The zero-order chi connectivity index (χ0) is 10.3. The molecule has 2 rings (SSSR count). The summed E-state index contributed by atoms with van der Waals surface area (Å²) < 4.78 is 0. The lowest BCUT2D eigenvalue weighted by atomic mass is 9.87. The number of nitrogens with zero attached hydrogens (tertiary/aromatic N) is 2. The fourth-order valence-corrected chi connectivity index (χ4v) is 1.35. The number of aromatic nitrogens is 3. The van der Waals surface area contributed by atoms with Gasteiger partial charge in [0.15, 0.2) is 5.82 Å². The van der Waals surface area contributed by atoms with Gasteiger partial charge in [0.25, 0.3) is 0 Å². The molecule has 14 heavy (non-hydrogen) atoms. The lowest BCUT2D eigenvalue weighted by molar-refractivity contribution is 0.316. The van der Waals surface area contributed by atoms with Crippen LogP contribution in [0.4, 0.5) is 0 Å². The Bertz CT molecular complexity index is 319. The monoisotopic (exact) mass is 194 g/mol. The van der Waals surface area contributed by atoms with Crippen LogP contribution in [0, 0.1) is 5.41 Å². The molecule has 1 heterocycles. The van der Waals surface area contributed by atoms with Gasteiger partial charge in [0.05, 0.1) is 6.04 Å². The zero-order valence-corrected chi connectivity index (χ0v) is 9.04. The van der Waals surface area contributed by atoms with E-state index in [1.165, 1.54) is 12.8 Å². The molecule has 0 radical (unpaired) electrons. The van der Waals surface area contributed by atoms with E-state index < -0.39 is 0 Å². The van der Waals surface area contributed by atoms with Gasteiger partial charge in [0.2, 0.25) is 0 Å². The standard InChI is InChI=1S/C10H18N4/c1-10(2,3)7(11)9-12-8(13-14-9)6-4-5-6/h6-7H,4-5,11H2,1-3H3,(H,12,13,14). The first kappa shape index (κ1) is 9.65. The fraction of sp³-hybridized carbons (Fsp3) is 0.800. The summed E-state index contributed by atoms with van der Waals surface area (Å²) in [4.78, 5) is 4.45. The number of aromatic amines is 1. The Hall–Kier alpha value is -0.900. The Morgan fingerprint density at radius 2 is 2.07 bits per heavy atom. The number of hydrogen-bond donors (Lipinski definition) is 2. The molecule has 0 aliphatic heterocycles. The molecule has 1 aliphatic rings. The van der Waals surface area contributed by atoms with Crippen molar-refractivity contribution in [3.63, 3.8) is 0 Å². The van der Waals surface area contributed by atoms with E-state index in [1.54, 1.807) is 0 Å². The minimum Gasteiger partial charge on any atom is -0.321 e. The van der Waals surface area contributed by atoms with Crippen molar-refractivity contribution in [3.05, 3.63) is 11.6 Å². The summed E-state index contributed by atoms with van der Waals surface area (Å²) in [6.45, 7) is 6.31.